The molecule has 2 heterocycles. The van der Waals surface area contributed by atoms with Gasteiger partial charge in [-0.3, -0.25) is 0 Å². The fraction of sp³-hybridized carbons (Fsp3) is 0.304. The van der Waals surface area contributed by atoms with E-state index in [4.69, 9.17) is 0 Å². The van der Waals surface area contributed by atoms with Crippen LogP contribution in [0.5, 0.6) is 0 Å². The van der Waals surface area contributed by atoms with Crippen LogP contribution < -0.4 is 15.5 Å². The van der Waals surface area contributed by atoms with E-state index in [2.05, 4.69) is 93.8 Å². The van der Waals surface area contributed by atoms with Crippen LogP contribution in [-0.2, 0) is 0 Å². The van der Waals surface area contributed by atoms with Crippen molar-refractivity contribution in [2.24, 2.45) is 0 Å². The van der Waals surface area contributed by atoms with Gasteiger partial charge in [-0.2, -0.15) is 0 Å². The topological polar surface area (TPSA) is 56.3 Å². The van der Waals surface area contributed by atoms with Crippen LogP contribution in [0.25, 0.3) is 0 Å². The summed E-state index contributed by atoms with van der Waals surface area (Å²) in [6.07, 6.45) is 1.58. The summed E-state index contributed by atoms with van der Waals surface area (Å²) in [6.45, 7) is 8.55. The molecule has 6 heteroatoms. The van der Waals surface area contributed by atoms with Crippen LogP contribution in [0.2, 0.25) is 0 Å². The number of anilines is 5. The molecule has 1 aliphatic heterocycles. The molecule has 2 aromatic carbocycles. The number of benzene rings is 2. The SMILES string of the molecule is Cc1ccc(Nc2cc(Nc3ccc(N4CCN(C)CC4)cc3)ncn2)c(C)c1. The smallest absolute Gasteiger partial charge is 0.135 e. The monoisotopic (exact) mass is 388 g/mol. The number of nitrogens with zero attached hydrogens (tertiary/aromatic N) is 4. The second-order valence-corrected chi connectivity index (χ2v) is 7.69. The molecule has 1 aliphatic rings. The highest BCUT2D eigenvalue weighted by Crippen LogP contribution is 2.24. The molecule has 0 amide bonds. The summed E-state index contributed by atoms with van der Waals surface area (Å²) in [6, 6.07) is 16.8. The first-order valence-electron chi connectivity index (χ1n) is 10.0. The molecule has 1 fully saturated rings. The van der Waals surface area contributed by atoms with Crippen LogP contribution in [0.4, 0.5) is 28.7 Å². The molecule has 1 aromatic heterocycles. The Labute approximate surface area is 172 Å². The highest BCUT2D eigenvalue weighted by Gasteiger charge is 2.14. The quantitative estimate of drug-likeness (QED) is 0.678. The minimum Gasteiger partial charge on any atom is -0.369 e. The Morgan fingerprint density at radius 2 is 1.48 bits per heavy atom. The first-order valence-corrected chi connectivity index (χ1v) is 10.0. The van der Waals surface area contributed by atoms with Crippen molar-refractivity contribution in [2.75, 3.05) is 48.8 Å². The van der Waals surface area contributed by atoms with E-state index in [9.17, 15) is 0 Å². The minimum absolute atomic E-state index is 0.764. The zero-order valence-corrected chi connectivity index (χ0v) is 17.3. The Bertz CT molecular complexity index is 961. The van der Waals surface area contributed by atoms with Gasteiger partial charge in [0.2, 0.25) is 0 Å². The maximum Gasteiger partial charge on any atom is 0.135 e. The van der Waals surface area contributed by atoms with E-state index >= 15 is 0 Å². The predicted octanol–water partition coefficient (Wildman–Crippen LogP) is 4.33. The van der Waals surface area contributed by atoms with Crippen molar-refractivity contribution in [1.29, 1.82) is 0 Å². The molecule has 4 rings (SSSR count). The van der Waals surface area contributed by atoms with Crippen LogP contribution in [-0.4, -0.2) is 48.1 Å². The summed E-state index contributed by atoms with van der Waals surface area (Å²) in [5.41, 5.74) is 5.77. The Balaban J connectivity index is 1.42. The average molecular weight is 389 g/mol. The fourth-order valence-electron chi connectivity index (χ4n) is 3.55. The van der Waals surface area contributed by atoms with Crippen LogP contribution >= 0.6 is 0 Å². The number of nitrogens with one attached hydrogen (secondary N) is 2. The number of rotatable bonds is 5. The van der Waals surface area contributed by atoms with Gasteiger partial charge < -0.3 is 20.4 Å². The van der Waals surface area contributed by atoms with Crippen molar-refractivity contribution >= 4 is 28.7 Å². The molecular formula is C23H28N6. The van der Waals surface area contributed by atoms with Gasteiger partial charge in [0.15, 0.2) is 0 Å². The van der Waals surface area contributed by atoms with E-state index < -0.39 is 0 Å². The molecule has 0 spiro atoms. The largest absolute Gasteiger partial charge is 0.369 e. The van der Waals surface area contributed by atoms with E-state index in [1.807, 2.05) is 6.07 Å². The molecule has 0 saturated carbocycles. The van der Waals surface area contributed by atoms with Gasteiger partial charge in [-0.05, 0) is 56.8 Å². The van der Waals surface area contributed by atoms with Crippen LogP contribution in [0, 0.1) is 13.8 Å². The third kappa shape index (κ3) is 4.84. The molecule has 0 bridgehead atoms. The van der Waals surface area contributed by atoms with Crippen molar-refractivity contribution in [2.45, 2.75) is 13.8 Å². The summed E-state index contributed by atoms with van der Waals surface area (Å²) in [7, 11) is 2.18. The van der Waals surface area contributed by atoms with Crippen molar-refractivity contribution < 1.29 is 0 Å². The Kier molecular flexibility index (Phi) is 5.62. The lowest BCUT2D eigenvalue weighted by Gasteiger charge is -2.34. The lowest BCUT2D eigenvalue weighted by Crippen LogP contribution is -2.44. The van der Waals surface area contributed by atoms with Crippen molar-refractivity contribution in [3.8, 4) is 0 Å². The van der Waals surface area contributed by atoms with Gasteiger partial charge in [-0.1, -0.05) is 17.7 Å². The predicted molar refractivity (Wildman–Crippen MR) is 121 cm³/mol. The van der Waals surface area contributed by atoms with Crippen LogP contribution in [0.15, 0.2) is 54.9 Å². The van der Waals surface area contributed by atoms with E-state index in [1.165, 1.54) is 16.8 Å². The molecule has 0 unspecified atom stereocenters. The maximum absolute atomic E-state index is 4.36. The summed E-state index contributed by atoms with van der Waals surface area (Å²) < 4.78 is 0. The average Bonchev–Trinajstić information content (AvgIpc) is 2.72. The summed E-state index contributed by atoms with van der Waals surface area (Å²) >= 11 is 0. The number of piperazine rings is 1. The van der Waals surface area contributed by atoms with Gasteiger partial charge in [0.1, 0.15) is 18.0 Å². The van der Waals surface area contributed by atoms with Crippen molar-refractivity contribution in [1.82, 2.24) is 14.9 Å². The molecule has 6 nitrogen and oxygen atoms in total. The second kappa shape index (κ2) is 8.49. The zero-order valence-electron chi connectivity index (χ0n) is 17.3. The third-order valence-corrected chi connectivity index (χ3v) is 5.32. The summed E-state index contributed by atoms with van der Waals surface area (Å²) in [5.74, 6) is 1.53. The first-order chi connectivity index (χ1) is 14.1. The second-order valence-electron chi connectivity index (χ2n) is 7.69. The number of hydrogen-bond donors (Lipinski definition) is 2. The summed E-state index contributed by atoms with van der Waals surface area (Å²) in [4.78, 5) is 13.5. The maximum atomic E-state index is 4.36. The van der Waals surface area contributed by atoms with E-state index in [0.717, 1.165) is 49.2 Å². The standard InChI is InChI=1S/C23H28N6/c1-17-4-9-21(18(2)14-17)27-23-15-22(24-16-25-23)26-19-5-7-20(8-6-19)29-12-10-28(3)11-13-29/h4-9,14-16H,10-13H2,1-3H3,(H2,24,25,26,27). The lowest BCUT2D eigenvalue weighted by molar-refractivity contribution is 0.313. The molecule has 3 aromatic rings. The van der Waals surface area contributed by atoms with Gasteiger partial charge in [0, 0.05) is 49.3 Å². The molecule has 29 heavy (non-hydrogen) atoms. The van der Waals surface area contributed by atoms with Gasteiger partial charge in [0.25, 0.3) is 0 Å². The van der Waals surface area contributed by atoms with Crippen molar-refractivity contribution in [3.63, 3.8) is 0 Å². The molecule has 0 aliphatic carbocycles. The molecule has 0 atom stereocenters. The highest BCUT2D eigenvalue weighted by atomic mass is 15.2. The lowest BCUT2D eigenvalue weighted by atomic mass is 10.1. The van der Waals surface area contributed by atoms with Gasteiger partial charge in [0.05, 0.1) is 0 Å². The van der Waals surface area contributed by atoms with E-state index in [-0.39, 0.29) is 0 Å². The van der Waals surface area contributed by atoms with Crippen LogP contribution in [0.3, 0.4) is 0 Å². The fourth-order valence-corrected chi connectivity index (χ4v) is 3.55. The number of aromatic nitrogens is 2. The Hall–Kier alpha value is -3.12. The Morgan fingerprint density at radius 1 is 0.793 bits per heavy atom. The van der Waals surface area contributed by atoms with Crippen molar-refractivity contribution in [3.05, 3.63) is 66.0 Å². The molecule has 150 valence electrons. The zero-order chi connectivity index (χ0) is 20.2. The van der Waals surface area contributed by atoms with Crippen LogP contribution in [0.1, 0.15) is 11.1 Å². The highest BCUT2D eigenvalue weighted by molar-refractivity contribution is 5.66. The van der Waals surface area contributed by atoms with E-state index in [0.29, 0.717) is 0 Å². The first kappa shape index (κ1) is 19.2. The number of hydrogen-bond acceptors (Lipinski definition) is 6. The molecule has 2 N–H and O–H groups in total. The van der Waals surface area contributed by atoms with Gasteiger partial charge in [-0.25, -0.2) is 9.97 Å². The molecule has 1 saturated heterocycles. The van der Waals surface area contributed by atoms with Gasteiger partial charge in [-0.15, -0.1) is 0 Å². The third-order valence-electron chi connectivity index (χ3n) is 5.32. The van der Waals surface area contributed by atoms with Gasteiger partial charge >= 0.3 is 0 Å². The number of likely N-dealkylation sites (N-methyl/N-ethyl adjacent to an activating group) is 1. The van der Waals surface area contributed by atoms with E-state index in [1.54, 1.807) is 6.33 Å². The summed E-state index contributed by atoms with van der Waals surface area (Å²) in [5, 5.41) is 6.75. The Morgan fingerprint density at radius 3 is 2.17 bits per heavy atom. The number of aryl methyl sites for hydroxylation is 2. The molecule has 0 radical (unpaired) electrons. The normalized spacial score (nSPS) is 14.7. The minimum atomic E-state index is 0.764. The molecular weight excluding hydrogens is 360 g/mol.